The lowest BCUT2D eigenvalue weighted by Crippen LogP contribution is -2.08. The van der Waals surface area contributed by atoms with E-state index in [-0.39, 0.29) is 0 Å². The summed E-state index contributed by atoms with van der Waals surface area (Å²) >= 11 is 0. The average molecular weight is 254 g/mol. The van der Waals surface area contributed by atoms with Crippen molar-refractivity contribution in [2.75, 3.05) is 5.32 Å². The maximum Gasteiger partial charge on any atom is 0.0951 e. The molecule has 0 aliphatic rings. The minimum Gasteiger partial charge on any atom is -0.379 e. The Balaban J connectivity index is 1.76. The lowest BCUT2D eigenvalue weighted by molar-refractivity contribution is 0.577. The van der Waals surface area contributed by atoms with E-state index < -0.39 is 0 Å². The number of aromatic amines is 1. The molecule has 0 fully saturated rings. The van der Waals surface area contributed by atoms with Gasteiger partial charge in [-0.1, -0.05) is 0 Å². The van der Waals surface area contributed by atoms with Gasteiger partial charge in [0.1, 0.15) is 0 Å². The van der Waals surface area contributed by atoms with Crippen LogP contribution in [0.2, 0.25) is 0 Å². The number of imidazole rings is 1. The van der Waals surface area contributed by atoms with Crippen molar-refractivity contribution < 1.29 is 0 Å². The zero-order valence-electron chi connectivity index (χ0n) is 11.2. The van der Waals surface area contributed by atoms with Crippen molar-refractivity contribution >= 4 is 16.6 Å². The van der Waals surface area contributed by atoms with Crippen LogP contribution in [0.1, 0.15) is 25.6 Å². The fraction of sp³-hybridized carbons (Fsp3) is 0.267. The molecule has 0 spiro atoms. The Bertz CT molecular complexity index is 678. The molecule has 2 aromatic heterocycles. The van der Waals surface area contributed by atoms with Gasteiger partial charge in [-0.05, 0) is 38.1 Å². The smallest absolute Gasteiger partial charge is 0.0951 e. The Kier molecular flexibility index (Phi) is 2.99. The van der Waals surface area contributed by atoms with Gasteiger partial charge in [0.15, 0.2) is 0 Å². The normalized spacial score (nSPS) is 11.3. The van der Waals surface area contributed by atoms with Gasteiger partial charge in [0.25, 0.3) is 0 Å². The zero-order chi connectivity index (χ0) is 13.2. The number of fused-ring (bicyclic) bond motifs is 1. The molecule has 0 bridgehead atoms. The van der Waals surface area contributed by atoms with Crippen LogP contribution in [0, 0.1) is 0 Å². The van der Waals surface area contributed by atoms with Crippen LogP contribution in [0.25, 0.3) is 10.9 Å². The molecule has 1 aromatic carbocycles. The summed E-state index contributed by atoms with van der Waals surface area (Å²) in [6, 6.07) is 8.86. The topological polar surface area (TPSA) is 45.6 Å². The van der Waals surface area contributed by atoms with E-state index in [0.29, 0.717) is 6.04 Å². The first-order valence-corrected chi connectivity index (χ1v) is 6.56. The quantitative estimate of drug-likeness (QED) is 0.747. The van der Waals surface area contributed by atoms with Crippen LogP contribution in [-0.2, 0) is 6.54 Å². The van der Waals surface area contributed by atoms with Gasteiger partial charge in [0.05, 0.1) is 18.6 Å². The van der Waals surface area contributed by atoms with E-state index in [1.807, 2.05) is 18.7 Å². The van der Waals surface area contributed by atoms with Crippen LogP contribution in [0.3, 0.4) is 0 Å². The number of nitrogens with zero attached hydrogens (tertiary/aromatic N) is 2. The second kappa shape index (κ2) is 4.80. The molecular weight excluding hydrogens is 236 g/mol. The fourth-order valence-electron chi connectivity index (χ4n) is 2.29. The molecule has 2 heterocycles. The zero-order valence-corrected chi connectivity index (χ0v) is 11.2. The van der Waals surface area contributed by atoms with Crippen molar-refractivity contribution in [2.24, 2.45) is 0 Å². The van der Waals surface area contributed by atoms with Crippen molar-refractivity contribution in [3.8, 4) is 0 Å². The Morgan fingerprint density at radius 2 is 2.21 bits per heavy atom. The molecule has 98 valence electrons. The Hall–Kier alpha value is -2.23. The summed E-state index contributed by atoms with van der Waals surface area (Å²) in [5.74, 6) is 0. The molecule has 0 aliphatic carbocycles. The van der Waals surface area contributed by atoms with Gasteiger partial charge in [0.2, 0.25) is 0 Å². The fourth-order valence-corrected chi connectivity index (χ4v) is 2.29. The molecule has 0 atom stereocenters. The first-order valence-electron chi connectivity index (χ1n) is 6.56. The molecule has 4 heteroatoms. The molecule has 0 aliphatic heterocycles. The van der Waals surface area contributed by atoms with E-state index >= 15 is 0 Å². The van der Waals surface area contributed by atoms with Crippen molar-refractivity contribution in [2.45, 2.75) is 26.4 Å². The van der Waals surface area contributed by atoms with Crippen LogP contribution in [-0.4, -0.2) is 14.5 Å². The van der Waals surface area contributed by atoms with Crippen molar-refractivity contribution in [3.05, 3.63) is 48.7 Å². The summed E-state index contributed by atoms with van der Waals surface area (Å²) in [7, 11) is 0. The van der Waals surface area contributed by atoms with Crippen LogP contribution < -0.4 is 5.32 Å². The number of benzene rings is 1. The summed E-state index contributed by atoms with van der Waals surface area (Å²) in [4.78, 5) is 7.41. The van der Waals surface area contributed by atoms with Gasteiger partial charge in [0, 0.05) is 35.0 Å². The maximum absolute atomic E-state index is 4.22. The van der Waals surface area contributed by atoms with Crippen LogP contribution in [0.5, 0.6) is 0 Å². The predicted molar refractivity (Wildman–Crippen MR) is 78.2 cm³/mol. The first kappa shape index (κ1) is 11.8. The second-order valence-corrected chi connectivity index (χ2v) is 5.02. The predicted octanol–water partition coefficient (Wildman–Crippen LogP) is 3.56. The lowest BCUT2D eigenvalue weighted by Gasteiger charge is -2.13. The largest absolute Gasteiger partial charge is 0.379 e. The summed E-state index contributed by atoms with van der Waals surface area (Å²) in [5.41, 5.74) is 3.49. The summed E-state index contributed by atoms with van der Waals surface area (Å²) in [6.07, 6.45) is 5.77. The number of hydrogen-bond acceptors (Lipinski definition) is 2. The van der Waals surface area contributed by atoms with Gasteiger partial charge in [-0.15, -0.1) is 0 Å². The minimum absolute atomic E-state index is 0.437. The third kappa shape index (κ3) is 2.34. The summed E-state index contributed by atoms with van der Waals surface area (Å²) in [5, 5.41) is 4.67. The van der Waals surface area contributed by atoms with E-state index in [1.165, 1.54) is 11.1 Å². The maximum atomic E-state index is 4.22. The van der Waals surface area contributed by atoms with Gasteiger partial charge in [-0.3, -0.25) is 0 Å². The van der Waals surface area contributed by atoms with Gasteiger partial charge < -0.3 is 14.9 Å². The van der Waals surface area contributed by atoms with Crippen molar-refractivity contribution in [3.63, 3.8) is 0 Å². The summed E-state index contributed by atoms with van der Waals surface area (Å²) < 4.78 is 2.18. The molecule has 3 aromatic rings. The van der Waals surface area contributed by atoms with Gasteiger partial charge >= 0.3 is 0 Å². The number of hydrogen-bond donors (Lipinski definition) is 2. The van der Waals surface area contributed by atoms with Crippen molar-refractivity contribution in [1.82, 2.24) is 14.5 Å². The molecule has 4 nitrogen and oxygen atoms in total. The first-order chi connectivity index (χ1) is 9.24. The second-order valence-electron chi connectivity index (χ2n) is 5.02. The third-order valence-electron chi connectivity index (χ3n) is 3.33. The highest BCUT2D eigenvalue weighted by Crippen LogP contribution is 2.19. The molecule has 0 amide bonds. The number of aromatic nitrogens is 3. The Morgan fingerprint density at radius 1 is 1.32 bits per heavy atom. The Labute approximate surface area is 112 Å². The van der Waals surface area contributed by atoms with Crippen LogP contribution in [0.4, 0.5) is 5.69 Å². The van der Waals surface area contributed by atoms with Gasteiger partial charge in [-0.2, -0.15) is 0 Å². The lowest BCUT2D eigenvalue weighted by atomic mass is 10.2. The molecule has 0 saturated carbocycles. The molecule has 0 unspecified atom stereocenters. The molecule has 2 N–H and O–H groups in total. The van der Waals surface area contributed by atoms with E-state index in [9.17, 15) is 0 Å². The van der Waals surface area contributed by atoms with E-state index in [2.05, 4.69) is 58.0 Å². The van der Waals surface area contributed by atoms with Crippen molar-refractivity contribution in [1.29, 1.82) is 0 Å². The highest BCUT2D eigenvalue weighted by atomic mass is 15.1. The standard InChI is InChI=1S/C15H18N4/c1-11(2)19-10-16-8-14(19)9-18-13-3-4-15-12(7-13)5-6-17-15/h3-8,10-11,17-18H,9H2,1-2H3. The Morgan fingerprint density at radius 3 is 3.05 bits per heavy atom. The molecule has 19 heavy (non-hydrogen) atoms. The van der Waals surface area contributed by atoms with E-state index in [4.69, 9.17) is 0 Å². The van der Waals surface area contributed by atoms with Gasteiger partial charge in [-0.25, -0.2) is 4.98 Å². The number of anilines is 1. The highest BCUT2D eigenvalue weighted by molar-refractivity contribution is 5.82. The minimum atomic E-state index is 0.437. The number of H-pyrrole nitrogens is 1. The van der Waals surface area contributed by atoms with E-state index in [0.717, 1.165) is 17.7 Å². The highest BCUT2D eigenvalue weighted by Gasteiger charge is 2.05. The third-order valence-corrected chi connectivity index (χ3v) is 3.33. The average Bonchev–Trinajstić information content (AvgIpc) is 3.04. The van der Waals surface area contributed by atoms with E-state index in [1.54, 1.807) is 0 Å². The molecule has 0 saturated heterocycles. The van der Waals surface area contributed by atoms with Crippen LogP contribution in [0.15, 0.2) is 43.0 Å². The number of nitrogens with one attached hydrogen (secondary N) is 2. The SMILES string of the molecule is CC(C)n1cncc1CNc1ccc2[nH]ccc2c1. The summed E-state index contributed by atoms with van der Waals surface area (Å²) in [6.45, 7) is 5.11. The molecule has 0 radical (unpaired) electrons. The van der Waals surface area contributed by atoms with Crippen LogP contribution >= 0.6 is 0 Å². The number of rotatable bonds is 4. The molecular formula is C15H18N4. The monoisotopic (exact) mass is 254 g/mol. The molecule has 3 rings (SSSR count).